The lowest BCUT2D eigenvalue weighted by Gasteiger charge is -2.13. The molecule has 3 aromatic carbocycles. The quantitative estimate of drug-likeness (QED) is 0.228. The molecule has 0 N–H and O–H groups in total. The van der Waals surface area contributed by atoms with Crippen molar-refractivity contribution in [3.63, 3.8) is 0 Å². The number of carbonyl (C=O) groups excluding carboxylic acids is 1. The van der Waals surface area contributed by atoms with Gasteiger partial charge in [0.2, 0.25) is 0 Å². The van der Waals surface area contributed by atoms with Crippen molar-refractivity contribution in [2.75, 3.05) is 5.75 Å². The molecule has 4 rings (SSSR count). The topological polar surface area (TPSA) is 53.8 Å². The van der Waals surface area contributed by atoms with Gasteiger partial charge in [-0.05, 0) is 42.8 Å². The third-order valence-corrected chi connectivity index (χ3v) is 6.26. The molecule has 1 aromatic heterocycles. The number of benzene rings is 3. The van der Waals surface area contributed by atoms with E-state index in [-0.39, 0.29) is 11.5 Å². The fourth-order valence-corrected chi connectivity index (χ4v) is 4.33. The van der Waals surface area contributed by atoms with E-state index in [0.29, 0.717) is 21.2 Å². The Morgan fingerprint density at radius 3 is 2.31 bits per heavy atom. The summed E-state index contributed by atoms with van der Waals surface area (Å²) in [5.41, 5.74) is 5.67. The number of rotatable bonds is 6. The van der Waals surface area contributed by atoms with Gasteiger partial charge < -0.3 is 0 Å². The number of aromatic nitrogens is 1. The number of hydrogen-bond donors (Lipinski definition) is 0. The van der Waals surface area contributed by atoms with E-state index < -0.39 is 0 Å². The van der Waals surface area contributed by atoms with Gasteiger partial charge in [0.1, 0.15) is 11.1 Å². The summed E-state index contributed by atoms with van der Waals surface area (Å²) in [6.45, 7) is 2.03. The van der Waals surface area contributed by atoms with Gasteiger partial charge in [-0.2, -0.15) is 5.26 Å². The zero-order chi connectivity index (χ0) is 22.5. The molecule has 0 radical (unpaired) electrons. The molecule has 0 aliphatic carbocycles. The van der Waals surface area contributed by atoms with E-state index in [4.69, 9.17) is 16.6 Å². The fourth-order valence-electron chi connectivity index (χ4n) is 3.30. The molecule has 156 valence electrons. The monoisotopic (exact) mass is 454 g/mol. The minimum Gasteiger partial charge on any atom is -0.293 e. The van der Waals surface area contributed by atoms with Crippen molar-refractivity contribution in [1.29, 1.82) is 5.26 Å². The molecule has 32 heavy (non-hydrogen) atoms. The molecular weight excluding hydrogens is 436 g/mol. The Morgan fingerprint density at radius 2 is 1.66 bits per heavy atom. The van der Waals surface area contributed by atoms with Crippen molar-refractivity contribution in [3.05, 3.63) is 107 Å². The second-order valence-electron chi connectivity index (χ2n) is 7.30. The molecule has 0 amide bonds. The normalized spacial score (nSPS) is 10.5. The molecule has 5 heteroatoms. The number of thioether (sulfide) groups is 1. The fraction of sp³-hybridized carbons (Fsp3) is 0.0741. The lowest BCUT2D eigenvalue weighted by molar-refractivity contribution is 0.102. The van der Waals surface area contributed by atoms with Crippen molar-refractivity contribution >= 4 is 29.1 Å². The van der Waals surface area contributed by atoms with Crippen molar-refractivity contribution in [2.24, 2.45) is 0 Å². The van der Waals surface area contributed by atoms with Crippen molar-refractivity contribution in [1.82, 2.24) is 4.98 Å². The number of carbonyl (C=O) groups is 1. The standard InChI is InChI=1S/C27H19ClN2OS/c1-18-7-9-19(10-8-18)23-15-25(20-5-3-2-4-6-20)30-27(24(23)16-29)32-17-26(31)21-11-13-22(28)14-12-21/h2-15H,17H2,1H3. The van der Waals surface area contributed by atoms with Gasteiger partial charge in [-0.3, -0.25) is 4.79 Å². The maximum atomic E-state index is 12.7. The molecule has 0 aliphatic rings. The minimum absolute atomic E-state index is 0.0423. The number of pyridine rings is 1. The summed E-state index contributed by atoms with van der Waals surface area (Å²) >= 11 is 7.21. The highest BCUT2D eigenvalue weighted by Gasteiger charge is 2.17. The number of Topliss-reactive ketones (excluding diaryl/α,β-unsaturated/α-hetero) is 1. The summed E-state index contributed by atoms with van der Waals surface area (Å²) in [4.78, 5) is 17.5. The molecule has 0 saturated carbocycles. The van der Waals surface area contributed by atoms with Crippen molar-refractivity contribution in [2.45, 2.75) is 11.9 Å². The van der Waals surface area contributed by atoms with Crippen LogP contribution in [-0.4, -0.2) is 16.5 Å². The summed E-state index contributed by atoms with van der Waals surface area (Å²) in [5.74, 6) is 0.133. The zero-order valence-electron chi connectivity index (χ0n) is 17.4. The molecule has 0 fully saturated rings. The predicted molar refractivity (Wildman–Crippen MR) is 131 cm³/mol. The van der Waals surface area contributed by atoms with Crippen LogP contribution >= 0.6 is 23.4 Å². The number of nitrogens with zero attached hydrogens (tertiary/aromatic N) is 2. The van der Waals surface area contributed by atoms with Crippen LogP contribution < -0.4 is 0 Å². The first kappa shape index (κ1) is 21.8. The van der Waals surface area contributed by atoms with E-state index in [1.54, 1.807) is 24.3 Å². The summed E-state index contributed by atoms with van der Waals surface area (Å²) in [5, 5.41) is 11.1. The molecule has 0 saturated heterocycles. The second kappa shape index (κ2) is 9.82. The first-order chi connectivity index (χ1) is 15.5. The van der Waals surface area contributed by atoms with Crippen LogP contribution in [-0.2, 0) is 0 Å². The Kier molecular flexibility index (Phi) is 6.70. The summed E-state index contributed by atoms with van der Waals surface area (Å²) in [6, 6.07) is 29.0. The maximum Gasteiger partial charge on any atom is 0.173 e. The van der Waals surface area contributed by atoms with Crippen LogP contribution in [0.5, 0.6) is 0 Å². The third kappa shape index (κ3) is 4.91. The lowest BCUT2D eigenvalue weighted by atomic mass is 9.98. The van der Waals surface area contributed by atoms with Crippen LogP contribution in [0.2, 0.25) is 5.02 Å². The van der Waals surface area contributed by atoms with E-state index >= 15 is 0 Å². The van der Waals surface area contributed by atoms with Gasteiger partial charge in [0.25, 0.3) is 0 Å². The summed E-state index contributed by atoms with van der Waals surface area (Å²) in [6.07, 6.45) is 0. The van der Waals surface area contributed by atoms with Crippen LogP contribution in [0.1, 0.15) is 21.5 Å². The van der Waals surface area contributed by atoms with Gasteiger partial charge in [0, 0.05) is 21.7 Å². The molecule has 0 atom stereocenters. The molecule has 0 aliphatic heterocycles. The van der Waals surface area contributed by atoms with Gasteiger partial charge >= 0.3 is 0 Å². The highest BCUT2D eigenvalue weighted by molar-refractivity contribution is 8.00. The first-order valence-corrected chi connectivity index (χ1v) is 11.4. The Balaban J connectivity index is 1.75. The van der Waals surface area contributed by atoms with E-state index in [0.717, 1.165) is 27.9 Å². The Hall–Kier alpha value is -3.39. The van der Waals surface area contributed by atoms with Crippen LogP contribution in [0, 0.1) is 18.3 Å². The second-order valence-corrected chi connectivity index (χ2v) is 8.70. The van der Waals surface area contributed by atoms with E-state index in [2.05, 4.69) is 6.07 Å². The molecule has 1 heterocycles. The van der Waals surface area contributed by atoms with Gasteiger partial charge in [0.15, 0.2) is 5.78 Å². The summed E-state index contributed by atoms with van der Waals surface area (Å²) < 4.78 is 0. The van der Waals surface area contributed by atoms with Gasteiger partial charge in [-0.15, -0.1) is 0 Å². The minimum atomic E-state index is -0.0423. The first-order valence-electron chi connectivity index (χ1n) is 10.0. The number of ketones is 1. The van der Waals surface area contributed by atoms with Gasteiger partial charge in [-0.1, -0.05) is 83.5 Å². The summed E-state index contributed by atoms with van der Waals surface area (Å²) in [7, 11) is 0. The van der Waals surface area contributed by atoms with Crippen LogP contribution in [0.3, 0.4) is 0 Å². The van der Waals surface area contributed by atoms with E-state index in [9.17, 15) is 10.1 Å². The highest BCUT2D eigenvalue weighted by atomic mass is 35.5. The molecular formula is C27H19ClN2OS. The number of aryl methyl sites for hydroxylation is 1. The maximum absolute atomic E-state index is 12.7. The highest BCUT2D eigenvalue weighted by Crippen LogP contribution is 2.34. The average Bonchev–Trinajstić information content (AvgIpc) is 2.83. The van der Waals surface area contributed by atoms with Crippen molar-refractivity contribution in [3.8, 4) is 28.5 Å². The van der Waals surface area contributed by atoms with Crippen molar-refractivity contribution < 1.29 is 4.79 Å². The molecule has 0 spiro atoms. The van der Waals surface area contributed by atoms with E-state index in [1.807, 2.05) is 67.6 Å². The molecule has 4 aromatic rings. The Bertz CT molecular complexity index is 1290. The number of nitriles is 1. The number of hydrogen-bond acceptors (Lipinski definition) is 4. The van der Waals surface area contributed by atoms with Crippen LogP contribution in [0.25, 0.3) is 22.4 Å². The van der Waals surface area contributed by atoms with E-state index in [1.165, 1.54) is 11.8 Å². The largest absolute Gasteiger partial charge is 0.293 e. The molecule has 3 nitrogen and oxygen atoms in total. The third-order valence-electron chi connectivity index (χ3n) is 5.04. The predicted octanol–water partition coefficient (Wildman–Crippen LogP) is 7.22. The SMILES string of the molecule is Cc1ccc(-c2cc(-c3ccccc3)nc(SCC(=O)c3ccc(Cl)cc3)c2C#N)cc1. The van der Waals surface area contributed by atoms with Gasteiger partial charge in [0.05, 0.1) is 17.0 Å². The average molecular weight is 455 g/mol. The molecule has 0 bridgehead atoms. The van der Waals surface area contributed by atoms with Gasteiger partial charge in [-0.25, -0.2) is 4.98 Å². The Labute approximate surface area is 196 Å². The lowest BCUT2D eigenvalue weighted by Crippen LogP contribution is -2.04. The zero-order valence-corrected chi connectivity index (χ0v) is 19.0. The van der Waals surface area contributed by atoms with Crippen LogP contribution in [0.15, 0.2) is 90.0 Å². The number of halogens is 1. The molecule has 0 unspecified atom stereocenters. The van der Waals surface area contributed by atoms with Crippen LogP contribution in [0.4, 0.5) is 0 Å². The Morgan fingerprint density at radius 1 is 0.969 bits per heavy atom. The smallest absolute Gasteiger partial charge is 0.173 e.